The average Bonchev–Trinajstić information content (AvgIpc) is 2.40. The number of hydrogen-bond acceptors (Lipinski definition) is 5. The molecule has 84 valence electrons. The Kier molecular flexibility index (Phi) is 3.26. The third-order valence-electron chi connectivity index (χ3n) is 2.28. The van der Waals surface area contributed by atoms with Gasteiger partial charge in [-0.3, -0.25) is 4.98 Å². The molecular formula is C12H11N5. The van der Waals surface area contributed by atoms with Crippen molar-refractivity contribution in [3.05, 3.63) is 36.9 Å². The van der Waals surface area contributed by atoms with Gasteiger partial charge in [-0.1, -0.05) is 6.07 Å². The third kappa shape index (κ3) is 2.55. The Morgan fingerprint density at radius 3 is 2.59 bits per heavy atom. The summed E-state index contributed by atoms with van der Waals surface area (Å²) in [5.41, 5.74) is 1.88. The van der Waals surface area contributed by atoms with Gasteiger partial charge < -0.3 is 4.90 Å². The van der Waals surface area contributed by atoms with Crippen LogP contribution in [0.1, 0.15) is 0 Å². The molecule has 5 nitrogen and oxygen atoms in total. The monoisotopic (exact) mass is 225 g/mol. The minimum absolute atomic E-state index is 0.270. The lowest BCUT2D eigenvalue weighted by Crippen LogP contribution is -2.19. The van der Waals surface area contributed by atoms with Crippen LogP contribution in [-0.4, -0.2) is 28.5 Å². The van der Waals surface area contributed by atoms with Crippen LogP contribution in [0.3, 0.4) is 0 Å². The van der Waals surface area contributed by atoms with Crippen LogP contribution in [0.25, 0.3) is 11.1 Å². The molecule has 0 N–H and O–H groups in total. The third-order valence-corrected chi connectivity index (χ3v) is 2.28. The molecule has 2 rings (SSSR count). The molecule has 0 atom stereocenters. The Morgan fingerprint density at radius 2 is 2.00 bits per heavy atom. The van der Waals surface area contributed by atoms with Gasteiger partial charge in [-0.05, 0) is 6.07 Å². The standard InChI is InChI=1S/C12H11N5/c1-17(6-4-13)12-15-8-11(9-16-12)10-3-2-5-14-7-10/h2-3,5,7-9H,6H2,1H3. The number of aromatic nitrogens is 3. The van der Waals surface area contributed by atoms with Gasteiger partial charge >= 0.3 is 0 Å². The summed E-state index contributed by atoms with van der Waals surface area (Å²) in [6.45, 7) is 0.270. The molecular weight excluding hydrogens is 214 g/mol. The zero-order valence-electron chi connectivity index (χ0n) is 9.41. The highest BCUT2D eigenvalue weighted by molar-refractivity contribution is 5.60. The van der Waals surface area contributed by atoms with Crippen LogP contribution in [0.5, 0.6) is 0 Å². The fourth-order valence-electron chi connectivity index (χ4n) is 1.38. The lowest BCUT2D eigenvalue weighted by atomic mass is 10.2. The van der Waals surface area contributed by atoms with Gasteiger partial charge in [0.25, 0.3) is 0 Å². The van der Waals surface area contributed by atoms with Crippen molar-refractivity contribution in [2.45, 2.75) is 0 Å². The van der Waals surface area contributed by atoms with Gasteiger partial charge in [-0.2, -0.15) is 5.26 Å². The van der Waals surface area contributed by atoms with Crippen molar-refractivity contribution in [1.29, 1.82) is 5.26 Å². The number of pyridine rings is 1. The maximum atomic E-state index is 8.58. The van der Waals surface area contributed by atoms with Crippen molar-refractivity contribution in [3.63, 3.8) is 0 Å². The van der Waals surface area contributed by atoms with Crippen LogP contribution in [0, 0.1) is 11.3 Å². The van der Waals surface area contributed by atoms with E-state index in [1.54, 1.807) is 36.7 Å². The van der Waals surface area contributed by atoms with Crippen molar-refractivity contribution in [3.8, 4) is 17.2 Å². The van der Waals surface area contributed by atoms with E-state index < -0.39 is 0 Å². The van der Waals surface area contributed by atoms with Gasteiger partial charge in [0.05, 0.1) is 6.07 Å². The summed E-state index contributed by atoms with van der Waals surface area (Å²) < 4.78 is 0. The van der Waals surface area contributed by atoms with Crippen molar-refractivity contribution < 1.29 is 0 Å². The fourth-order valence-corrected chi connectivity index (χ4v) is 1.38. The molecule has 0 saturated carbocycles. The van der Waals surface area contributed by atoms with E-state index in [1.165, 1.54) is 0 Å². The predicted molar refractivity (Wildman–Crippen MR) is 64.1 cm³/mol. The van der Waals surface area contributed by atoms with Crippen LogP contribution in [0.4, 0.5) is 5.95 Å². The Morgan fingerprint density at radius 1 is 1.24 bits per heavy atom. The average molecular weight is 225 g/mol. The lowest BCUT2D eigenvalue weighted by Gasteiger charge is -2.12. The molecule has 0 bridgehead atoms. The van der Waals surface area contributed by atoms with E-state index in [-0.39, 0.29) is 6.54 Å². The maximum Gasteiger partial charge on any atom is 0.225 e. The molecule has 2 heterocycles. The first kappa shape index (κ1) is 11.0. The van der Waals surface area contributed by atoms with Gasteiger partial charge in [0.2, 0.25) is 5.95 Å². The van der Waals surface area contributed by atoms with Gasteiger partial charge in [0.1, 0.15) is 6.54 Å². The molecule has 0 amide bonds. The molecule has 2 aromatic rings. The molecule has 2 aromatic heterocycles. The molecule has 0 aliphatic heterocycles. The highest BCUT2D eigenvalue weighted by Crippen LogP contribution is 2.16. The number of nitriles is 1. The predicted octanol–water partition coefficient (Wildman–Crippen LogP) is 1.50. The van der Waals surface area contributed by atoms with Crippen molar-refractivity contribution >= 4 is 5.95 Å². The summed E-state index contributed by atoms with van der Waals surface area (Å²) in [5, 5.41) is 8.58. The number of hydrogen-bond donors (Lipinski definition) is 0. The van der Waals surface area contributed by atoms with Gasteiger partial charge in [-0.15, -0.1) is 0 Å². The van der Waals surface area contributed by atoms with E-state index in [1.807, 2.05) is 18.2 Å². The smallest absolute Gasteiger partial charge is 0.225 e. The Labute approximate surface area is 99.4 Å². The summed E-state index contributed by atoms with van der Waals surface area (Å²) >= 11 is 0. The Bertz CT molecular complexity index is 515. The maximum absolute atomic E-state index is 8.58. The first-order chi connectivity index (χ1) is 8.31. The van der Waals surface area contributed by atoms with Crippen LogP contribution < -0.4 is 4.90 Å². The van der Waals surface area contributed by atoms with Crippen LogP contribution in [-0.2, 0) is 0 Å². The van der Waals surface area contributed by atoms with E-state index in [0.29, 0.717) is 5.95 Å². The molecule has 0 spiro atoms. The van der Waals surface area contributed by atoms with Crippen LogP contribution >= 0.6 is 0 Å². The van der Waals surface area contributed by atoms with E-state index in [4.69, 9.17) is 5.26 Å². The summed E-state index contributed by atoms with van der Waals surface area (Å²) in [7, 11) is 1.78. The quantitative estimate of drug-likeness (QED) is 0.740. The Hall–Kier alpha value is -2.48. The molecule has 0 radical (unpaired) electrons. The van der Waals surface area contributed by atoms with Crippen LogP contribution in [0.2, 0.25) is 0 Å². The zero-order chi connectivity index (χ0) is 12.1. The lowest BCUT2D eigenvalue weighted by molar-refractivity contribution is 0.947. The summed E-state index contributed by atoms with van der Waals surface area (Å²) in [5.74, 6) is 0.541. The normalized spacial score (nSPS) is 9.65. The van der Waals surface area contributed by atoms with E-state index in [2.05, 4.69) is 15.0 Å². The summed E-state index contributed by atoms with van der Waals surface area (Å²) in [4.78, 5) is 14.1. The highest BCUT2D eigenvalue weighted by atomic mass is 15.2. The zero-order valence-corrected chi connectivity index (χ0v) is 9.41. The molecule has 0 aliphatic carbocycles. The fraction of sp³-hybridized carbons (Fsp3) is 0.167. The van der Waals surface area contributed by atoms with Crippen molar-refractivity contribution in [1.82, 2.24) is 15.0 Å². The van der Waals surface area contributed by atoms with Gasteiger partial charge in [0, 0.05) is 43.0 Å². The second-order valence-corrected chi connectivity index (χ2v) is 3.53. The number of anilines is 1. The number of rotatable bonds is 3. The van der Waals surface area contributed by atoms with Crippen molar-refractivity contribution in [2.75, 3.05) is 18.5 Å². The highest BCUT2D eigenvalue weighted by Gasteiger charge is 2.04. The van der Waals surface area contributed by atoms with Crippen molar-refractivity contribution in [2.24, 2.45) is 0 Å². The second kappa shape index (κ2) is 5.03. The Balaban J connectivity index is 2.22. The molecule has 0 saturated heterocycles. The van der Waals surface area contributed by atoms with Gasteiger partial charge in [0.15, 0.2) is 0 Å². The molecule has 0 aromatic carbocycles. The molecule has 0 aliphatic rings. The first-order valence-electron chi connectivity index (χ1n) is 5.12. The number of nitrogens with zero attached hydrogens (tertiary/aromatic N) is 5. The summed E-state index contributed by atoms with van der Waals surface area (Å²) in [6.07, 6.45) is 6.94. The molecule has 0 unspecified atom stereocenters. The van der Waals surface area contributed by atoms with E-state index >= 15 is 0 Å². The van der Waals surface area contributed by atoms with Gasteiger partial charge in [-0.25, -0.2) is 9.97 Å². The van der Waals surface area contributed by atoms with E-state index in [0.717, 1.165) is 11.1 Å². The largest absolute Gasteiger partial charge is 0.331 e. The molecule has 5 heteroatoms. The topological polar surface area (TPSA) is 65.7 Å². The minimum atomic E-state index is 0.270. The SMILES string of the molecule is CN(CC#N)c1ncc(-c2cccnc2)cn1. The first-order valence-corrected chi connectivity index (χ1v) is 5.12. The van der Waals surface area contributed by atoms with Crippen LogP contribution in [0.15, 0.2) is 36.9 Å². The molecule has 0 fully saturated rings. The minimum Gasteiger partial charge on any atom is -0.331 e. The summed E-state index contributed by atoms with van der Waals surface area (Å²) in [6, 6.07) is 5.86. The van der Waals surface area contributed by atoms with E-state index in [9.17, 15) is 0 Å². The second-order valence-electron chi connectivity index (χ2n) is 3.53. The molecule has 17 heavy (non-hydrogen) atoms.